The van der Waals surface area contributed by atoms with Crippen LogP contribution in [0.4, 0.5) is 5.69 Å². The average molecular weight is 278 g/mol. The Morgan fingerprint density at radius 1 is 1.33 bits per heavy atom. The zero-order valence-corrected chi connectivity index (χ0v) is 12.3. The lowest BCUT2D eigenvalue weighted by Gasteiger charge is -2.09. The van der Waals surface area contributed by atoms with Crippen molar-refractivity contribution in [3.8, 4) is 11.6 Å². The highest BCUT2D eigenvalue weighted by Crippen LogP contribution is 2.29. The van der Waals surface area contributed by atoms with Gasteiger partial charge < -0.3 is 9.39 Å². The second-order valence-electron chi connectivity index (χ2n) is 5.24. The van der Waals surface area contributed by atoms with Crippen LogP contribution in [0.5, 0.6) is 11.6 Å². The van der Waals surface area contributed by atoms with Crippen LogP contribution in [0.3, 0.4) is 0 Å². The van der Waals surface area contributed by atoms with E-state index < -0.39 is 0 Å². The Morgan fingerprint density at radius 2 is 2.14 bits per heavy atom. The summed E-state index contributed by atoms with van der Waals surface area (Å²) >= 11 is 0. The molecule has 0 atom stereocenters. The van der Waals surface area contributed by atoms with Gasteiger partial charge in [-0.2, -0.15) is 0 Å². The van der Waals surface area contributed by atoms with Gasteiger partial charge in [0.05, 0.1) is 13.2 Å². The largest absolute Gasteiger partial charge is 0.439 e. The van der Waals surface area contributed by atoms with E-state index in [-0.39, 0.29) is 6.92 Å². The lowest BCUT2D eigenvalue weighted by Crippen LogP contribution is -2.23. The standard InChI is InChI=1S/C16H15BN2O2/c1-10-7-15(19-11(2)16(10)18-4)21-13-5-6-14-12(8-13)9-20-17(14)3/h5-8H,9H2,1-3H3. The van der Waals surface area contributed by atoms with Crippen molar-refractivity contribution in [2.24, 2.45) is 0 Å². The van der Waals surface area contributed by atoms with E-state index in [1.54, 1.807) is 6.07 Å². The van der Waals surface area contributed by atoms with Crippen LogP contribution in [0, 0.1) is 20.4 Å². The van der Waals surface area contributed by atoms with Crippen LogP contribution in [0.15, 0.2) is 24.3 Å². The van der Waals surface area contributed by atoms with Gasteiger partial charge >= 0.3 is 6.92 Å². The van der Waals surface area contributed by atoms with Crippen LogP contribution in [0.2, 0.25) is 6.82 Å². The quantitative estimate of drug-likeness (QED) is 0.624. The van der Waals surface area contributed by atoms with Gasteiger partial charge in [0.2, 0.25) is 11.6 Å². The highest BCUT2D eigenvalue weighted by molar-refractivity contribution is 6.67. The first-order chi connectivity index (χ1) is 10.1. The molecule has 0 saturated heterocycles. The molecule has 1 aliphatic rings. The molecule has 0 spiro atoms. The highest BCUT2D eigenvalue weighted by atomic mass is 16.5. The Bertz CT molecular complexity index is 729. The van der Waals surface area contributed by atoms with Crippen molar-refractivity contribution < 1.29 is 9.39 Å². The molecule has 1 aliphatic heterocycles. The summed E-state index contributed by atoms with van der Waals surface area (Å²) < 4.78 is 11.4. The van der Waals surface area contributed by atoms with Gasteiger partial charge in [-0.3, -0.25) is 0 Å². The van der Waals surface area contributed by atoms with Gasteiger partial charge in [-0.25, -0.2) is 9.83 Å². The van der Waals surface area contributed by atoms with Crippen molar-refractivity contribution in [2.75, 3.05) is 0 Å². The summed E-state index contributed by atoms with van der Waals surface area (Å²) in [4.78, 5) is 7.83. The van der Waals surface area contributed by atoms with Crippen molar-refractivity contribution in [3.05, 3.63) is 52.5 Å². The number of hydrogen-bond donors (Lipinski definition) is 0. The van der Waals surface area contributed by atoms with E-state index in [0.29, 0.717) is 23.9 Å². The molecule has 5 heteroatoms. The Hall–Kier alpha value is -2.32. The molecule has 0 radical (unpaired) electrons. The predicted octanol–water partition coefficient (Wildman–Crippen LogP) is 3.40. The van der Waals surface area contributed by atoms with Crippen LogP contribution in [0.1, 0.15) is 16.8 Å². The maximum Gasteiger partial charge on any atom is 0.324 e. The first kappa shape index (κ1) is 13.7. The Balaban J connectivity index is 1.90. The topological polar surface area (TPSA) is 35.7 Å². The molecule has 104 valence electrons. The number of nitrogens with zero attached hydrogens (tertiary/aromatic N) is 2. The number of fused-ring (bicyclic) bond motifs is 1. The maximum atomic E-state index is 7.15. The molecule has 1 aromatic heterocycles. The summed E-state index contributed by atoms with van der Waals surface area (Å²) in [6.07, 6.45) is 0. The third-order valence-electron chi connectivity index (χ3n) is 3.71. The summed E-state index contributed by atoms with van der Waals surface area (Å²) in [5.74, 6) is 1.26. The molecule has 3 rings (SSSR count). The van der Waals surface area contributed by atoms with E-state index in [2.05, 4.69) is 9.83 Å². The molecule has 1 aromatic carbocycles. The van der Waals surface area contributed by atoms with Gasteiger partial charge in [-0.15, -0.1) is 0 Å². The number of ether oxygens (including phenoxy) is 1. The van der Waals surface area contributed by atoms with Crippen LogP contribution >= 0.6 is 0 Å². The average Bonchev–Trinajstić information content (AvgIpc) is 2.80. The maximum absolute atomic E-state index is 7.15. The van der Waals surface area contributed by atoms with Crippen LogP contribution in [0.25, 0.3) is 4.85 Å². The van der Waals surface area contributed by atoms with E-state index >= 15 is 0 Å². The molecule has 0 fully saturated rings. The van der Waals surface area contributed by atoms with Crippen molar-refractivity contribution in [1.82, 2.24) is 4.98 Å². The third kappa shape index (κ3) is 2.50. The van der Waals surface area contributed by atoms with Crippen molar-refractivity contribution >= 4 is 18.1 Å². The number of rotatable bonds is 2. The molecule has 0 bridgehead atoms. The van der Waals surface area contributed by atoms with Crippen LogP contribution in [-0.2, 0) is 11.3 Å². The molecule has 2 heterocycles. The monoisotopic (exact) mass is 278 g/mol. The first-order valence-electron chi connectivity index (χ1n) is 6.86. The second kappa shape index (κ2) is 5.23. The first-order valence-corrected chi connectivity index (χ1v) is 6.86. The fourth-order valence-electron chi connectivity index (χ4n) is 2.60. The second-order valence-corrected chi connectivity index (χ2v) is 5.24. The third-order valence-corrected chi connectivity index (χ3v) is 3.71. The number of aromatic nitrogens is 1. The molecule has 0 unspecified atom stereocenters. The lowest BCUT2D eigenvalue weighted by molar-refractivity contribution is 0.333. The summed E-state index contributed by atoms with van der Waals surface area (Å²) in [5, 5.41) is 0. The van der Waals surface area contributed by atoms with E-state index in [1.807, 2.05) is 38.9 Å². The Labute approximate surface area is 124 Å². The van der Waals surface area contributed by atoms with Gasteiger partial charge in [0, 0.05) is 5.69 Å². The molecule has 0 saturated carbocycles. The van der Waals surface area contributed by atoms with E-state index in [0.717, 1.165) is 16.9 Å². The van der Waals surface area contributed by atoms with E-state index in [4.69, 9.17) is 16.0 Å². The lowest BCUT2D eigenvalue weighted by atomic mass is 9.64. The van der Waals surface area contributed by atoms with Crippen molar-refractivity contribution in [1.29, 1.82) is 0 Å². The van der Waals surface area contributed by atoms with Gasteiger partial charge in [-0.05, 0) is 48.6 Å². The molecule has 0 aliphatic carbocycles. The summed E-state index contributed by atoms with van der Waals surface area (Å²) in [5.41, 5.74) is 4.54. The van der Waals surface area contributed by atoms with Gasteiger partial charge in [0.25, 0.3) is 0 Å². The molecule has 2 aromatic rings. The van der Waals surface area contributed by atoms with Crippen molar-refractivity contribution in [2.45, 2.75) is 27.3 Å². The Morgan fingerprint density at radius 3 is 2.86 bits per heavy atom. The minimum absolute atomic E-state index is 0.148. The zero-order valence-electron chi connectivity index (χ0n) is 12.3. The van der Waals surface area contributed by atoms with Gasteiger partial charge in [0.1, 0.15) is 5.75 Å². The molecular formula is C16H15BN2O2. The molecule has 4 nitrogen and oxygen atoms in total. The SMILES string of the molecule is [C-]#[N+]c1c(C)cc(Oc2ccc3c(c2)COB3C)nc1C. The fourth-order valence-corrected chi connectivity index (χ4v) is 2.60. The van der Waals surface area contributed by atoms with Gasteiger partial charge in [-0.1, -0.05) is 12.9 Å². The van der Waals surface area contributed by atoms with Gasteiger partial charge in [0.15, 0.2) is 0 Å². The minimum Gasteiger partial charge on any atom is -0.439 e. The fraction of sp³-hybridized carbons (Fsp3) is 0.250. The predicted molar refractivity (Wildman–Crippen MR) is 82.5 cm³/mol. The highest BCUT2D eigenvalue weighted by Gasteiger charge is 2.23. The molecule has 21 heavy (non-hydrogen) atoms. The summed E-state index contributed by atoms with van der Waals surface area (Å²) in [6, 6.07) is 7.76. The zero-order chi connectivity index (χ0) is 15.0. The van der Waals surface area contributed by atoms with E-state index in [9.17, 15) is 0 Å². The Kier molecular flexibility index (Phi) is 3.40. The number of pyridine rings is 1. The number of hydrogen-bond acceptors (Lipinski definition) is 3. The minimum atomic E-state index is 0.148. The normalized spacial score (nSPS) is 13.0. The number of aryl methyl sites for hydroxylation is 2. The van der Waals surface area contributed by atoms with Crippen molar-refractivity contribution in [3.63, 3.8) is 0 Å². The summed E-state index contributed by atoms with van der Waals surface area (Å²) in [6.45, 7) is 13.7. The number of benzene rings is 1. The smallest absolute Gasteiger partial charge is 0.324 e. The van der Waals surface area contributed by atoms with Crippen LogP contribution in [-0.4, -0.2) is 11.9 Å². The molecular weight excluding hydrogens is 263 g/mol. The molecule has 0 amide bonds. The van der Waals surface area contributed by atoms with Crippen LogP contribution < -0.4 is 10.2 Å². The summed E-state index contributed by atoms with van der Waals surface area (Å²) in [7, 11) is 0. The van der Waals surface area contributed by atoms with E-state index in [1.165, 1.54) is 5.46 Å². The molecule has 0 N–H and O–H groups in total.